The van der Waals surface area contributed by atoms with E-state index in [-0.39, 0.29) is 22.4 Å². The molecule has 0 radical (unpaired) electrons. The van der Waals surface area contributed by atoms with E-state index in [0.29, 0.717) is 15.4 Å². The fraction of sp³-hybridized carbons (Fsp3) is 0.143. The molecule has 8 heteroatoms. The molecule has 2 aromatic rings. The number of hydrogen-bond donors (Lipinski definition) is 0. The number of carbonyl (C=O) groups excluding carboxylic acids is 1. The van der Waals surface area contributed by atoms with Gasteiger partial charge in [0.05, 0.1) is 10.7 Å². The normalized spacial score (nSPS) is 10.5. The molecule has 1 aromatic heterocycles. The first kappa shape index (κ1) is 16.7. The van der Waals surface area contributed by atoms with Crippen LogP contribution in [0.4, 0.5) is 10.5 Å². The van der Waals surface area contributed by atoms with Crippen LogP contribution in [0.15, 0.2) is 40.2 Å². The summed E-state index contributed by atoms with van der Waals surface area (Å²) < 4.78 is 5.67. The molecule has 0 unspecified atom stereocenters. The molecule has 0 atom stereocenters. The predicted octanol–water partition coefficient (Wildman–Crippen LogP) is 4.37. The second kappa shape index (κ2) is 6.60. The van der Waals surface area contributed by atoms with Crippen molar-refractivity contribution in [3.05, 3.63) is 62.0 Å². The standard InChI is InChI=1S/C14H11Cl3N2O3/c1-3-6-18(11-5-4-9(15)7-10(11)16)14(21)19-13(20)12(17)8(2)22-19/h3-5,7H,1,6H2,2H3. The number of aryl methyl sites for hydroxylation is 1. The number of amides is 1. The van der Waals surface area contributed by atoms with Crippen LogP contribution < -0.4 is 10.5 Å². The fourth-order valence-corrected chi connectivity index (χ4v) is 2.42. The van der Waals surface area contributed by atoms with Crippen LogP contribution in [0.3, 0.4) is 0 Å². The van der Waals surface area contributed by atoms with E-state index in [1.54, 1.807) is 12.1 Å². The molecule has 0 saturated heterocycles. The smallest absolute Gasteiger partial charge is 0.365 e. The zero-order valence-corrected chi connectivity index (χ0v) is 13.7. The summed E-state index contributed by atoms with van der Waals surface area (Å²) in [6, 6.07) is 3.90. The summed E-state index contributed by atoms with van der Waals surface area (Å²) in [6.45, 7) is 5.19. The monoisotopic (exact) mass is 360 g/mol. The molecule has 2 rings (SSSR count). The first-order valence-corrected chi connectivity index (χ1v) is 7.26. The van der Waals surface area contributed by atoms with Gasteiger partial charge in [-0.1, -0.05) is 45.6 Å². The fourth-order valence-electron chi connectivity index (χ4n) is 1.80. The van der Waals surface area contributed by atoms with Gasteiger partial charge in [-0.05, 0) is 25.1 Å². The molecule has 116 valence electrons. The van der Waals surface area contributed by atoms with E-state index >= 15 is 0 Å². The first-order chi connectivity index (χ1) is 10.4. The minimum atomic E-state index is -0.733. The van der Waals surface area contributed by atoms with E-state index in [1.165, 1.54) is 24.0 Å². The highest BCUT2D eigenvalue weighted by atomic mass is 35.5. The quantitative estimate of drug-likeness (QED) is 0.763. The summed E-state index contributed by atoms with van der Waals surface area (Å²) in [4.78, 5) is 25.7. The van der Waals surface area contributed by atoms with Crippen LogP contribution in [0.2, 0.25) is 15.1 Å². The number of rotatable bonds is 3. The van der Waals surface area contributed by atoms with E-state index in [9.17, 15) is 9.59 Å². The van der Waals surface area contributed by atoms with Crippen molar-refractivity contribution < 1.29 is 9.32 Å². The Kier molecular flexibility index (Phi) is 5.01. The number of halogens is 3. The van der Waals surface area contributed by atoms with Crippen LogP contribution in [0, 0.1) is 6.92 Å². The zero-order chi connectivity index (χ0) is 16.4. The Morgan fingerprint density at radius 2 is 2.09 bits per heavy atom. The summed E-state index contributed by atoms with van der Waals surface area (Å²) in [7, 11) is 0. The van der Waals surface area contributed by atoms with Gasteiger partial charge in [0, 0.05) is 11.6 Å². The molecule has 0 bridgehead atoms. The highest BCUT2D eigenvalue weighted by Gasteiger charge is 2.24. The van der Waals surface area contributed by atoms with E-state index < -0.39 is 11.6 Å². The number of aromatic nitrogens is 1. The van der Waals surface area contributed by atoms with Gasteiger partial charge in [-0.3, -0.25) is 9.69 Å². The molecule has 0 N–H and O–H groups in total. The average molecular weight is 362 g/mol. The Hall–Kier alpha value is -1.69. The van der Waals surface area contributed by atoms with Crippen molar-refractivity contribution in [1.82, 2.24) is 4.74 Å². The summed E-state index contributed by atoms with van der Waals surface area (Å²) in [5, 5.41) is 0.535. The van der Waals surface area contributed by atoms with Crippen LogP contribution in [0.25, 0.3) is 0 Å². The largest absolute Gasteiger partial charge is 0.370 e. The maximum Gasteiger partial charge on any atom is 0.365 e. The number of hydrogen-bond acceptors (Lipinski definition) is 3. The van der Waals surface area contributed by atoms with Crippen molar-refractivity contribution in [3.63, 3.8) is 0 Å². The Morgan fingerprint density at radius 3 is 2.59 bits per heavy atom. The molecular formula is C14H11Cl3N2O3. The van der Waals surface area contributed by atoms with Gasteiger partial charge in [-0.2, -0.15) is 0 Å². The van der Waals surface area contributed by atoms with Gasteiger partial charge in [0.15, 0.2) is 5.76 Å². The Bertz CT molecular complexity index is 795. The van der Waals surface area contributed by atoms with Gasteiger partial charge in [0.25, 0.3) is 0 Å². The third-order valence-electron chi connectivity index (χ3n) is 2.83. The number of nitrogens with zero attached hydrogens (tertiary/aromatic N) is 2. The third-order valence-corrected chi connectivity index (χ3v) is 3.79. The van der Waals surface area contributed by atoms with Crippen LogP contribution in [0.5, 0.6) is 0 Å². The molecular weight excluding hydrogens is 351 g/mol. The van der Waals surface area contributed by atoms with Crippen molar-refractivity contribution >= 4 is 46.5 Å². The van der Waals surface area contributed by atoms with Gasteiger partial charge in [-0.15, -0.1) is 6.58 Å². The summed E-state index contributed by atoms with van der Waals surface area (Å²) >= 11 is 17.7. The van der Waals surface area contributed by atoms with E-state index in [1.807, 2.05) is 0 Å². The molecule has 0 fully saturated rings. The maximum absolute atomic E-state index is 12.6. The molecule has 1 aromatic carbocycles. The lowest BCUT2D eigenvalue weighted by Crippen LogP contribution is -2.39. The van der Waals surface area contributed by atoms with Crippen LogP contribution in [-0.2, 0) is 0 Å². The van der Waals surface area contributed by atoms with Crippen molar-refractivity contribution in [1.29, 1.82) is 0 Å². The molecule has 22 heavy (non-hydrogen) atoms. The third kappa shape index (κ3) is 3.06. The van der Waals surface area contributed by atoms with Crippen molar-refractivity contribution in [3.8, 4) is 0 Å². The van der Waals surface area contributed by atoms with Gasteiger partial charge in [-0.25, -0.2) is 4.79 Å². The Balaban J connectivity index is 2.51. The molecule has 1 amide bonds. The van der Waals surface area contributed by atoms with Crippen LogP contribution in [-0.4, -0.2) is 17.3 Å². The first-order valence-electron chi connectivity index (χ1n) is 6.13. The van der Waals surface area contributed by atoms with Gasteiger partial charge < -0.3 is 4.52 Å². The Labute approximate surface area is 141 Å². The molecule has 0 spiro atoms. The number of carbonyl (C=O) groups is 1. The lowest BCUT2D eigenvalue weighted by atomic mass is 10.3. The van der Waals surface area contributed by atoms with Crippen molar-refractivity contribution in [2.45, 2.75) is 6.92 Å². The van der Waals surface area contributed by atoms with E-state index in [0.717, 1.165) is 0 Å². The number of benzene rings is 1. The molecule has 0 aliphatic heterocycles. The lowest BCUT2D eigenvalue weighted by molar-refractivity contribution is 0.212. The van der Waals surface area contributed by atoms with E-state index in [4.69, 9.17) is 39.3 Å². The minimum absolute atomic E-state index is 0.115. The lowest BCUT2D eigenvalue weighted by Gasteiger charge is -2.21. The zero-order valence-electron chi connectivity index (χ0n) is 11.5. The molecule has 0 aliphatic rings. The summed E-state index contributed by atoms with van der Waals surface area (Å²) in [6.07, 6.45) is 1.49. The van der Waals surface area contributed by atoms with E-state index in [2.05, 4.69) is 6.58 Å². The van der Waals surface area contributed by atoms with Crippen molar-refractivity contribution in [2.75, 3.05) is 11.4 Å². The van der Waals surface area contributed by atoms with Crippen LogP contribution in [0.1, 0.15) is 5.76 Å². The number of anilines is 1. The van der Waals surface area contributed by atoms with Gasteiger partial charge >= 0.3 is 11.6 Å². The molecule has 0 saturated carbocycles. The summed E-state index contributed by atoms with van der Waals surface area (Å²) in [5.74, 6) is 0.153. The van der Waals surface area contributed by atoms with Gasteiger partial charge in [0.2, 0.25) is 0 Å². The van der Waals surface area contributed by atoms with Crippen LogP contribution >= 0.6 is 34.8 Å². The second-order valence-electron chi connectivity index (χ2n) is 4.34. The highest BCUT2D eigenvalue weighted by molar-refractivity contribution is 6.36. The highest BCUT2D eigenvalue weighted by Crippen LogP contribution is 2.29. The van der Waals surface area contributed by atoms with Crippen molar-refractivity contribution in [2.24, 2.45) is 0 Å². The average Bonchev–Trinajstić information content (AvgIpc) is 2.72. The maximum atomic E-state index is 12.6. The topological polar surface area (TPSA) is 55.5 Å². The predicted molar refractivity (Wildman–Crippen MR) is 87.5 cm³/mol. The second-order valence-corrected chi connectivity index (χ2v) is 5.56. The summed E-state index contributed by atoms with van der Waals surface area (Å²) in [5.41, 5.74) is -0.364. The molecule has 1 heterocycles. The SMILES string of the molecule is C=CCN(C(=O)n1oc(C)c(Cl)c1=O)c1ccc(Cl)cc1Cl. The Morgan fingerprint density at radius 1 is 1.41 bits per heavy atom. The van der Waals surface area contributed by atoms with Gasteiger partial charge in [0.1, 0.15) is 5.02 Å². The molecule has 5 nitrogen and oxygen atoms in total. The minimum Gasteiger partial charge on any atom is -0.370 e. The molecule has 0 aliphatic carbocycles.